The summed E-state index contributed by atoms with van der Waals surface area (Å²) in [4.78, 5) is 3.90. The fraction of sp³-hybridized carbons (Fsp3) is 0.500. The molecule has 0 heterocycles. The SMILES string of the molecule is C=C(C)N=C(C)S(C)=O. The van der Waals surface area contributed by atoms with E-state index in [1.54, 1.807) is 20.1 Å². The second-order valence-electron chi connectivity index (χ2n) is 1.82. The third-order valence-electron chi connectivity index (χ3n) is 0.764. The lowest BCUT2D eigenvalue weighted by molar-refractivity contribution is 0.693. The van der Waals surface area contributed by atoms with Gasteiger partial charge in [0.2, 0.25) is 0 Å². The van der Waals surface area contributed by atoms with Crippen LogP contribution in [0.4, 0.5) is 0 Å². The first-order valence-electron chi connectivity index (χ1n) is 2.58. The van der Waals surface area contributed by atoms with Gasteiger partial charge in [-0.05, 0) is 13.8 Å². The third-order valence-corrected chi connectivity index (χ3v) is 1.69. The van der Waals surface area contributed by atoms with Crippen molar-refractivity contribution in [1.82, 2.24) is 0 Å². The molecule has 0 spiro atoms. The zero-order chi connectivity index (χ0) is 7.44. The normalized spacial score (nSPS) is 15.2. The fourth-order valence-corrected chi connectivity index (χ4v) is 0.617. The number of rotatable bonds is 1. The van der Waals surface area contributed by atoms with Gasteiger partial charge < -0.3 is 0 Å². The molecule has 0 rings (SSSR count). The van der Waals surface area contributed by atoms with E-state index in [0.717, 1.165) is 0 Å². The van der Waals surface area contributed by atoms with Crippen LogP contribution in [0.5, 0.6) is 0 Å². The van der Waals surface area contributed by atoms with Crippen LogP contribution in [-0.4, -0.2) is 15.5 Å². The highest BCUT2D eigenvalue weighted by molar-refractivity contribution is 7.99. The highest BCUT2D eigenvalue weighted by atomic mass is 32.2. The lowest BCUT2D eigenvalue weighted by atomic mass is 10.6. The predicted molar refractivity (Wildman–Crippen MR) is 42.0 cm³/mol. The Labute approximate surface area is 58.1 Å². The highest BCUT2D eigenvalue weighted by Gasteiger charge is 1.92. The van der Waals surface area contributed by atoms with Gasteiger partial charge in [0, 0.05) is 12.0 Å². The molecule has 0 aliphatic rings. The van der Waals surface area contributed by atoms with Crippen LogP contribution in [0.25, 0.3) is 0 Å². The molecule has 0 aromatic heterocycles. The van der Waals surface area contributed by atoms with Gasteiger partial charge in [0.15, 0.2) is 0 Å². The average Bonchev–Trinajstić information content (AvgIpc) is 1.63. The van der Waals surface area contributed by atoms with Crippen LogP contribution in [0.15, 0.2) is 17.3 Å². The molecule has 0 amide bonds. The number of hydrogen-bond donors (Lipinski definition) is 0. The Morgan fingerprint density at radius 3 is 2.11 bits per heavy atom. The average molecular weight is 145 g/mol. The second-order valence-corrected chi connectivity index (χ2v) is 3.32. The summed E-state index contributed by atoms with van der Waals surface area (Å²) in [6.45, 7) is 7.06. The van der Waals surface area contributed by atoms with Gasteiger partial charge in [0.1, 0.15) is 5.04 Å². The first-order chi connectivity index (χ1) is 4.04. The van der Waals surface area contributed by atoms with Gasteiger partial charge in [-0.15, -0.1) is 0 Å². The fourth-order valence-electron chi connectivity index (χ4n) is 0.333. The number of allylic oxidation sites excluding steroid dienone is 1. The maximum atomic E-state index is 10.6. The van der Waals surface area contributed by atoms with Crippen molar-refractivity contribution in [1.29, 1.82) is 0 Å². The standard InChI is InChI=1S/C6H11NOS/c1-5(2)7-6(3)9(4)8/h1H2,2-4H3. The predicted octanol–water partition coefficient (Wildman–Crippen LogP) is 1.32. The van der Waals surface area contributed by atoms with Gasteiger partial charge in [-0.1, -0.05) is 6.58 Å². The van der Waals surface area contributed by atoms with Crippen LogP contribution in [0.2, 0.25) is 0 Å². The Balaban J connectivity index is 4.17. The topological polar surface area (TPSA) is 29.4 Å². The van der Waals surface area contributed by atoms with Crippen molar-refractivity contribution in [2.45, 2.75) is 13.8 Å². The van der Waals surface area contributed by atoms with E-state index in [2.05, 4.69) is 11.6 Å². The Bertz CT molecular complexity index is 172. The summed E-state index contributed by atoms with van der Waals surface area (Å²) in [5.41, 5.74) is 0.697. The highest BCUT2D eigenvalue weighted by Crippen LogP contribution is 1.92. The van der Waals surface area contributed by atoms with Gasteiger partial charge >= 0.3 is 0 Å². The Morgan fingerprint density at radius 2 is 2.00 bits per heavy atom. The number of hydrogen-bond acceptors (Lipinski definition) is 2. The zero-order valence-electron chi connectivity index (χ0n) is 5.97. The molecule has 0 aromatic rings. The summed E-state index contributed by atoms with van der Waals surface area (Å²) in [7, 11) is -0.942. The number of aliphatic imine (C=N–C) groups is 1. The second kappa shape index (κ2) is 3.56. The summed E-state index contributed by atoms with van der Waals surface area (Å²) < 4.78 is 10.6. The monoisotopic (exact) mass is 145 g/mol. The molecule has 0 saturated heterocycles. The van der Waals surface area contributed by atoms with Gasteiger partial charge in [0.05, 0.1) is 10.8 Å². The minimum absolute atomic E-state index is 0.627. The van der Waals surface area contributed by atoms with Crippen molar-refractivity contribution in [3.05, 3.63) is 12.3 Å². The minimum Gasteiger partial charge on any atom is -0.253 e. The smallest absolute Gasteiger partial charge is 0.101 e. The van der Waals surface area contributed by atoms with Crippen LogP contribution in [0.1, 0.15) is 13.8 Å². The van der Waals surface area contributed by atoms with E-state index in [9.17, 15) is 4.21 Å². The molecule has 0 saturated carbocycles. The molecule has 0 aliphatic carbocycles. The summed E-state index contributed by atoms with van der Waals surface area (Å²) >= 11 is 0. The van der Waals surface area contributed by atoms with E-state index in [4.69, 9.17) is 0 Å². The molecule has 0 N–H and O–H groups in total. The summed E-state index contributed by atoms with van der Waals surface area (Å²) in [6.07, 6.45) is 1.60. The van der Waals surface area contributed by atoms with Crippen molar-refractivity contribution in [2.75, 3.05) is 6.26 Å². The van der Waals surface area contributed by atoms with Crippen molar-refractivity contribution < 1.29 is 4.21 Å². The van der Waals surface area contributed by atoms with Crippen LogP contribution in [0, 0.1) is 0 Å². The molecule has 0 fully saturated rings. The molecule has 1 unspecified atom stereocenters. The van der Waals surface area contributed by atoms with Gasteiger partial charge in [-0.2, -0.15) is 0 Å². The molecule has 3 heteroatoms. The summed E-state index contributed by atoms with van der Waals surface area (Å²) in [6, 6.07) is 0. The van der Waals surface area contributed by atoms with E-state index in [-0.39, 0.29) is 0 Å². The minimum atomic E-state index is -0.942. The van der Waals surface area contributed by atoms with E-state index in [1.165, 1.54) is 0 Å². The third kappa shape index (κ3) is 4.09. The summed E-state index contributed by atoms with van der Waals surface area (Å²) in [5.74, 6) is 0. The molecule has 0 bridgehead atoms. The molecule has 0 aromatic carbocycles. The molecule has 0 radical (unpaired) electrons. The summed E-state index contributed by atoms with van der Waals surface area (Å²) in [5, 5.41) is 0.627. The van der Waals surface area contributed by atoms with E-state index in [1.807, 2.05) is 0 Å². The first kappa shape index (κ1) is 8.56. The van der Waals surface area contributed by atoms with E-state index in [0.29, 0.717) is 10.7 Å². The molecule has 0 aliphatic heterocycles. The zero-order valence-corrected chi connectivity index (χ0v) is 6.79. The van der Waals surface area contributed by atoms with Crippen LogP contribution in [0.3, 0.4) is 0 Å². The van der Waals surface area contributed by atoms with Crippen molar-refractivity contribution in [2.24, 2.45) is 4.99 Å². The maximum Gasteiger partial charge on any atom is 0.101 e. The molecule has 2 nitrogen and oxygen atoms in total. The van der Waals surface area contributed by atoms with Crippen molar-refractivity contribution in [3.63, 3.8) is 0 Å². The lowest BCUT2D eigenvalue weighted by Gasteiger charge is -1.91. The molecular weight excluding hydrogens is 134 g/mol. The first-order valence-corrected chi connectivity index (χ1v) is 4.14. The van der Waals surface area contributed by atoms with Crippen LogP contribution < -0.4 is 0 Å². The van der Waals surface area contributed by atoms with E-state index < -0.39 is 10.8 Å². The molecule has 9 heavy (non-hydrogen) atoms. The largest absolute Gasteiger partial charge is 0.253 e. The number of nitrogens with zero attached hydrogens (tertiary/aromatic N) is 1. The molecular formula is C6H11NOS. The quantitative estimate of drug-likeness (QED) is 0.404. The van der Waals surface area contributed by atoms with Crippen LogP contribution in [-0.2, 0) is 10.8 Å². The Kier molecular flexibility index (Phi) is 3.39. The Hall–Kier alpha value is -0.440. The van der Waals surface area contributed by atoms with Gasteiger partial charge in [-0.25, -0.2) is 4.99 Å². The molecule has 52 valence electrons. The maximum absolute atomic E-state index is 10.6. The molecule has 1 atom stereocenters. The lowest BCUT2D eigenvalue weighted by Crippen LogP contribution is -1.98. The van der Waals surface area contributed by atoms with Crippen LogP contribution >= 0.6 is 0 Å². The van der Waals surface area contributed by atoms with Gasteiger partial charge in [0.25, 0.3) is 0 Å². The Morgan fingerprint density at radius 1 is 1.56 bits per heavy atom. The van der Waals surface area contributed by atoms with Gasteiger partial charge in [-0.3, -0.25) is 4.21 Å². The van der Waals surface area contributed by atoms with Crippen molar-refractivity contribution >= 4 is 15.8 Å². The van der Waals surface area contributed by atoms with E-state index >= 15 is 0 Å². The van der Waals surface area contributed by atoms with Crippen molar-refractivity contribution in [3.8, 4) is 0 Å².